The van der Waals surface area contributed by atoms with Crippen LogP contribution in [0.2, 0.25) is 0 Å². The lowest BCUT2D eigenvalue weighted by Crippen LogP contribution is -2.31. The largest absolute Gasteiger partial charge is 0.494 e. The molecule has 8 nitrogen and oxygen atoms in total. The van der Waals surface area contributed by atoms with Crippen LogP contribution in [0.15, 0.2) is 54.7 Å². The summed E-state index contributed by atoms with van der Waals surface area (Å²) in [7, 11) is 0. The minimum atomic E-state index is -0.118. The normalized spacial score (nSPS) is 15.3. The number of carbonyl (C=O) groups is 1. The molecule has 1 N–H and O–H groups in total. The molecule has 0 radical (unpaired) electrons. The van der Waals surface area contributed by atoms with Crippen molar-refractivity contribution in [2.24, 2.45) is 0 Å². The summed E-state index contributed by atoms with van der Waals surface area (Å²) in [6, 6.07) is 16.1. The molecule has 2 heterocycles. The second kappa shape index (κ2) is 10.1. The average Bonchev–Trinajstić information content (AvgIpc) is 3.20. The van der Waals surface area contributed by atoms with E-state index in [0.717, 1.165) is 28.3 Å². The third kappa shape index (κ3) is 5.61. The third-order valence-corrected chi connectivity index (χ3v) is 4.99. The van der Waals surface area contributed by atoms with Crippen LogP contribution in [0.1, 0.15) is 23.7 Å². The maximum absolute atomic E-state index is 12.1. The minimum absolute atomic E-state index is 0.118. The first-order valence-corrected chi connectivity index (χ1v) is 10.5. The van der Waals surface area contributed by atoms with Crippen LogP contribution in [0, 0.1) is 0 Å². The van der Waals surface area contributed by atoms with Crippen molar-refractivity contribution in [1.82, 2.24) is 25.2 Å². The molecule has 3 aromatic rings. The number of hydrogen-bond donors (Lipinski definition) is 1. The van der Waals surface area contributed by atoms with Gasteiger partial charge in [0.2, 0.25) is 5.91 Å². The van der Waals surface area contributed by atoms with E-state index in [1.54, 1.807) is 4.68 Å². The van der Waals surface area contributed by atoms with E-state index in [0.29, 0.717) is 39.4 Å². The number of amides is 1. The van der Waals surface area contributed by atoms with Crippen molar-refractivity contribution in [3.8, 4) is 11.5 Å². The summed E-state index contributed by atoms with van der Waals surface area (Å²) in [6.07, 6.45) is 1.83. The maximum atomic E-state index is 12.1. The molecule has 0 atom stereocenters. The van der Waals surface area contributed by atoms with Gasteiger partial charge in [-0.05, 0) is 19.1 Å². The highest BCUT2D eigenvalue weighted by atomic mass is 16.5. The van der Waals surface area contributed by atoms with Crippen molar-refractivity contribution in [3.05, 3.63) is 71.5 Å². The molecule has 0 fully saturated rings. The van der Waals surface area contributed by atoms with Crippen molar-refractivity contribution in [1.29, 1.82) is 0 Å². The topological polar surface area (TPSA) is 81.5 Å². The average molecular weight is 422 g/mol. The van der Waals surface area contributed by atoms with E-state index >= 15 is 0 Å². The number of para-hydroxylation sites is 2. The van der Waals surface area contributed by atoms with Gasteiger partial charge in [-0.3, -0.25) is 9.69 Å². The molecular weight excluding hydrogens is 394 g/mol. The predicted octanol–water partition coefficient (Wildman–Crippen LogP) is 2.39. The van der Waals surface area contributed by atoms with E-state index in [1.165, 1.54) is 0 Å². The number of rotatable bonds is 4. The van der Waals surface area contributed by atoms with E-state index in [2.05, 4.69) is 32.7 Å². The van der Waals surface area contributed by atoms with Crippen LogP contribution >= 0.6 is 0 Å². The van der Waals surface area contributed by atoms with Crippen LogP contribution in [0.5, 0.6) is 11.5 Å². The van der Waals surface area contributed by atoms with Gasteiger partial charge in [0.1, 0.15) is 24.7 Å². The van der Waals surface area contributed by atoms with E-state index in [4.69, 9.17) is 9.47 Å². The molecule has 0 unspecified atom stereocenters. The third-order valence-electron chi connectivity index (χ3n) is 4.99. The fraction of sp³-hybridized carbons (Fsp3) is 0.348. The van der Waals surface area contributed by atoms with Gasteiger partial charge in [0, 0.05) is 30.8 Å². The second-order valence-corrected chi connectivity index (χ2v) is 7.40. The summed E-state index contributed by atoms with van der Waals surface area (Å²) in [5, 5.41) is 11.2. The van der Waals surface area contributed by atoms with Crippen molar-refractivity contribution in [3.63, 3.8) is 0 Å². The number of nitrogens with zero attached hydrogens (tertiary/aromatic N) is 4. The highest BCUT2D eigenvalue weighted by Crippen LogP contribution is 2.25. The molecule has 4 rings (SSSR count). The van der Waals surface area contributed by atoms with Gasteiger partial charge < -0.3 is 14.8 Å². The molecule has 8 heteroatoms. The molecular formula is C23H27N5O3. The van der Waals surface area contributed by atoms with Gasteiger partial charge in [-0.2, -0.15) is 0 Å². The Balaban J connectivity index is 1.64. The van der Waals surface area contributed by atoms with Crippen molar-refractivity contribution in [2.45, 2.75) is 33.1 Å². The summed E-state index contributed by atoms with van der Waals surface area (Å²) < 4.78 is 13.4. The molecule has 2 bridgehead atoms. The van der Waals surface area contributed by atoms with Crippen LogP contribution < -0.4 is 14.8 Å². The second-order valence-electron chi connectivity index (χ2n) is 7.40. The molecule has 162 valence electrons. The van der Waals surface area contributed by atoms with Crippen molar-refractivity contribution in [2.75, 3.05) is 19.8 Å². The summed E-state index contributed by atoms with van der Waals surface area (Å²) >= 11 is 0. The van der Waals surface area contributed by atoms with Crippen LogP contribution in [0.4, 0.5) is 0 Å². The Labute approximate surface area is 181 Å². The number of carbonyl (C=O) groups excluding carboxylic acids is 1. The molecule has 1 aliphatic rings. The smallest absolute Gasteiger partial charge is 0.241 e. The number of nitrogens with one attached hydrogen (secondary N) is 1. The summed E-state index contributed by atoms with van der Waals surface area (Å²) in [4.78, 5) is 14.4. The van der Waals surface area contributed by atoms with E-state index in [-0.39, 0.29) is 12.5 Å². The monoisotopic (exact) mass is 421 g/mol. The first-order valence-electron chi connectivity index (χ1n) is 10.5. The lowest BCUT2D eigenvalue weighted by Gasteiger charge is -2.24. The Morgan fingerprint density at radius 3 is 2.84 bits per heavy atom. The van der Waals surface area contributed by atoms with Gasteiger partial charge in [0.05, 0.1) is 25.0 Å². The lowest BCUT2D eigenvalue weighted by molar-refractivity contribution is -0.121. The van der Waals surface area contributed by atoms with Gasteiger partial charge in [0.15, 0.2) is 0 Å². The zero-order valence-corrected chi connectivity index (χ0v) is 17.7. The van der Waals surface area contributed by atoms with Crippen LogP contribution in [-0.2, 0) is 31.0 Å². The molecule has 1 amide bonds. The maximum Gasteiger partial charge on any atom is 0.241 e. The summed E-state index contributed by atoms with van der Waals surface area (Å²) in [6.45, 7) is 5.50. The SMILES string of the molecule is CCOc1ccccc1CN1Cc2cn(nn2)CC(=O)NCCOc2ccccc2C1. The van der Waals surface area contributed by atoms with Gasteiger partial charge in [0.25, 0.3) is 0 Å². The van der Waals surface area contributed by atoms with Crippen molar-refractivity contribution >= 4 is 5.91 Å². The number of benzene rings is 2. The Morgan fingerprint density at radius 2 is 1.94 bits per heavy atom. The van der Waals surface area contributed by atoms with E-state index in [9.17, 15) is 4.79 Å². The first kappa shape index (κ1) is 20.9. The fourth-order valence-electron chi connectivity index (χ4n) is 3.63. The number of aromatic nitrogens is 3. The summed E-state index contributed by atoms with van der Waals surface area (Å²) in [5.74, 6) is 1.59. The zero-order chi connectivity index (χ0) is 21.5. The molecule has 1 aliphatic heterocycles. The Morgan fingerprint density at radius 1 is 1.10 bits per heavy atom. The molecule has 0 aliphatic carbocycles. The number of hydrogen-bond acceptors (Lipinski definition) is 6. The quantitative estimate of drug-likeness (QED) is 0.697. The van der Waals surface area contributed by atoms with Crippen LogP contribution in [0.3, 0.4) is 0 Å². The van der Waals surface area contributed by atoms with Crippen LogP contribution in [-0.4, -0.2) is 45.6 Å². The van der Waals surface area contributed by atoms with Crippen LogP contribution in [0.25, 0.3) is 0 Å². The van der Waals surface area contributed by atoms with Crippen molar-refractivity contribution < 1.29 is 14.3 Å². The summed E-state index contributed by atoms with van der Waals surface area (Å²) in [5.41, 5.74) is 2.99. The number of ether oxygens (including phenoxy) is 2. The predicted molar refractivity (Wildman–Crippen MR) is 116 cm³/mol. The standard InChI is InChI=1S/C23H27N5O3/c1-2-30-21-9-5-3-7-18(21)13-27-14-19-8-4-6-10-22(19)31-12-11-24-23(29)17-28-16-20(15-27)25-26-28/h3-10,16H,2,11-15,17H2,1H3,(H,24,29). The zero-order valence-electron chi connectivity index (χ0n) is 17.7. The highest BCUT2D eigenvalue weighted by molar-refractivity contribution is 5.75. The van der Waals surface area contributed by atoms with Gasteiger partial charge in [-0.15, -0.1) is 5.10 Å². The van der Waals surface area contributed by atoms with E-state index < -0.39 is 0 Å². The van der Waals surface area contributed by atoms with Gasteiger partial charge in [-0.1, -0.05) is 41.6 Å². The minimum Gasteiger partial charge on any atom is -0.494 e. The van der Waals surface area contributed by atoms with E-state index in [1.807, 2.05) is 49.5 Å². The molecule has 0 saturated carbocycles. The fourth-order valence-corrected chi connectivity index (χ4v) is 3.63. The Hall–Kier alpha value is -3.39. The van der Waals surface area contributed by atoms with Gasteiger partial charge in [-0.25, -0.2) is 4.68 Å². The highest BCUT2D eigenvalue weighted by Gasteiger charge is 2.16. The van der Waals surface area contributed by atoms with Gasteiger partial charge >= 0.3 is 0 Å². The lowest BCUT2D eigenvalue weighted by atomic mass is 10.1. The Kier molecular flexibility index (Phi) is 6.78. The molecule has 31 heavy (non-hydrogen) atoms. The number of fused-ring (bicyclic) bond motifs is 3. The molecule has 0 spiro atoms. The molecule has 1 aromatic heterocycles. The Bertz CT molecular complexity index is 1020. The first-order chi connectivity index (χ1) is 15.2. The molecule has 2 aromatic carbocycles. The molecule has 0 saturated heterocycles.